The van der Waals surface area contributed by atoms with Crippen LogP contribution in [0, 0.1) is 6.92 Å². The van der Waals surface area contributed by atoms with E-state index in [-0.39, 0.29) is 22.9 Å². The van der Waals surface area contributed by atoms with Crippen molar-refractivity contribution in [3.05, 3.63) is 29.3 Å². The van der Waals surface area contributed by atoms with E-state index in [4.69, 9.17) is 15.4 Å². The predicted molar refractivity (Wildman–Crippen MR) is 80.1 cm³/mol. The second kappa shape index (κ2) is 6.34. The van der Waals surface area contributed by atoms with Crippen LogP contribution in [-0.2, 0) is 13.8 Å². The van der Waals surface area contributed by atoms with Gasteiger partial charge in [-0.25, -0.2) is 8.42 Å². The van der Waals surface area contributed by atoms with Crippen molar-refractivity contribution in [1.82, 2.24) is 5.32 Å². The Morgan fingerprint density at radius 2 is 2.05 bits per heavy atom. The second-order valence-corrected chi connectivity index (χ2v) is 7.88. The van der Waals surface area contributed by atoms with Gasteiger partial charge in [0.15, 0.2) is 0 Å². The van der Waals surface area contributed by atoms with Crippen molar-refractivity contribution in [1.29, 1.82) is 0 Å². The van der Waals surface area contributed by atoms with E-state index in [1.807, 2.05) is 0 Å². The number of hydrogen-bond acceptors (Lipinski definition) is 4. The van der Waals surface area contributed by atoms with Crippen molar-refractivity contribution in [3.63, 3.8) is 0 Å². The first-order chi connectivity index (χ1) is 9.79. The molecule has 1 aliphatic carbocycles. The Labute approximate surface area is 129 Å². The first-order valence-corrected chi connectivity index (χ1v) is 9.00. The molecule has 2 unspecified atom stereocenters. The number of methoxy groups -OCH3 is 1. The van der Waals surface area contributed by atoms with Crippen molar-refractivity contribution in [2.24, 2.45) is 0 Å². The summed E-state index contributed by atoms with van der Waals surface area (Å²) in [5, 5.41) is 2.91. The number of ether oxygens (including phenoxy) is 1. The number of hydrogen-bond donors (Lipinski definition) is 1. The fraction of sp³-hybridized carbons (Fsp3) is 0.500. The lowest BCUT2D eigenvalue weighted by molar-refractivity contribution is 0.0914. The Morgan fingerprint density at radius 1 is 1.33 bits per heavy atom. The molecule has 0 radical (unpaired) electrons. The van der Waals surface area contributed by atoms with E-state index in [9.17, 15) is 13.2 Å². The zero-order chi connectivity index (χ0) is 15.6. The van der Waals surface area contributed by atoms with Gasteiger partial charge in [0, 0.05) is 29.4 Å². The number of benzene rings is 1. The number of rotatable bonds is 4. The van der Waals surface area contributed by atoms with Crippen LogP contribution in [0.15, 0.2) is 23.1 Å². The summed E-state index contributed by atoms with van der Waals surface area (Å²) in [5.41, 5.74) is 0.971. The number of nitrogens with one attached hydrogen (secondary N) is 1. The van der Waals surface area contributed by atoms with Crippen molar-refractivity contribution in [2.75, 3.05) is 7.11 Å². The number of carbonyl (C=O) groups is 1. The number of amides is 1. The second-order valence-electron chi connectivity index (χ2n) is 5.31. The lowest BCUT2D eigenvalue weighted by Crippen LogP contribution is -2.33. The van der Waals surface area contributed by atoms with Crippen molar-refractivity contribution < 1.29 is 17.9 Å². The minimum atomic E-state index is -3.85. The summed E-state index contributed by atoms with van der Waals surface area (Å²) in [4.78, 5) is 12.2. The molecule has 2 atom stereocenters. The van der Waals surface area contributed by atoms with Gasteiger partial charge in [-0.3, -0.25) is 4.79 Å². The normalized spacial score (nSPS) is 22.2. The standard InChI is InChI=1S/C14H18ClNO4S/c1-9-5-10(7-13(6-9)21(15,18)19)14(17)16-11-3-4-12(8-11)20-2/h5-7,11-12H,3-4,8H2,1-2H3,(H,16,17). The Hall–Kier alpha value is -1.11. The number of carbonyl (C=O) groups excluding carboxylic acids is 1. The number of halogens is 1. The average molecular weight is 332 g/mol. The highest BCUT2D eigenvalue weighted by Gasteiger charge is 2.26. The van der Waals surface area contributed by atoms with Gasteiger partial charge in [0.05, 0.1) is 11.0 Å². The van der Waals surface area contributed by atoms with E-state index in [2.05, 4.69) is 5.32 Å². The van der Waals surface area contributed by atoms with Crippen LogP contribution in [0.4, 0.5) is 0 Å². The van der Waals surface area contributed by atoms with E-state index < -0.39 is 9.05 Å². The molecule has 1 fully saturated rings. The third kappa shape index (κ3) is 4.18. The fourth-order valence-corrected chi connectivity index (χ4v) is 3.44. The highest BCUT2D eigenvalue weighted by molar-refractivity contribution is 8.13. The largest absolute Gasteiger partial charge is 0.381 e. The van der Waals surface area contributed by atoms with E-state index in [1.165, 1.54) is 12.1 Å². The zero-order valence-electron chi connectivity index (χ0n) is 11.9. The minimum Gasteiger partial charge on any atom is -0.381 e. The van der Waals surface area contributed by atoms with Crippen LogP contribution in [0.1, 0.15) is 35.2 Å². The van der Waals surface area contributed by atoms with Gasteiger partial charge >= 0.3 is 0 Å². The molecule has 1 aromatic rings. The van der Waals surface area contributed by atoms with Crippen LogP contribution in [0.25, 0.3) is 0 Å². The molecular formula is C14H18ClNO4S. The lowest BCUT2D eigenvalue weighted by atomic mass is 10.1. The summed E-state index contributed by atoms with van der Waals surface area (Å²) in [7, 11) is 3.15. The molecular weight excluding hydrogens is 314 g/mol. The van der Waals surface area contributed by atoms with Crippen LogP contribution >= 0.6 is 10.7 Å². The Bertz CT molecular complexity index is 644. The Morgan fingerprint density at radius 3 is 2.62 bits per heavy atom. The van der Waals surface area contributed by atoms with Crippen molar-refractivity contribution in [2.45, 2.75) is 43.2 Å². The van der Waals surface area contributed by atoms with E-state index in [0.717, 1.165) is 19.3 Å². The van der Waals surface area contributed by atoms with E-state index in [0.29, 0.717) is 11.1 Å². The molecule has 0 aromatic heterocycles. The van der Waals surface area contributed by atoms with Crippen LogP contribution in [0.3, 0.4) is 0 Å². The van der Waals surface area contributed by atoms with Gasteiger partial charge in [-0.2, -0.15) is 0 Å². The molecule has 1 aliphatic rings. The van der Waals surface area contributed by atoms with Gasteiger partial charge < -0.3 is 10.1 Å². The topological polar surface area (TPSA) is 72.5 Å². The van der Waals surface area contributed by atoms with Gasteiger partial charge in [0.1, 0.15) is 0 Å². The zero-order valence-corrected chi connectivity index (χ0v) is 13.5. The molecule has 2 rings (SSSR count). The van der Waals surface area contributed by atoms with Crippen molar-refractivity contribution in [3.8, 4) is 0 Å². The molecule has 21 heavy (non-hydrogen) atoms. The fourth-order valence-electron chi connectivity index (χ4n) is 2.57. The first kappa shape index (κ1) is 16.3. The SMILES string of the molecule is COC1CCC(NC(=O)c2cc(C)cc(S(=O)(=O)Cl)c2)C1. The Kier molecular flexibility index (Phi) is 4.91. The Balaban J connectivity index is 2.15. The minimum absolute atomic E-state index is 0.0546. The highest BCUT2D eigenvalue weighted by Crippen LogP contribution is 2.23. The van der Waals surface area contributed by atoms with E-state index >= 15 is 0 Å². The summed E-state index contributed by atoms with van der Waals surface area (Å²) in [6.45, 7) is 1.72. The van der Waals surface area contributed by atoms with E-state index in [1.54, 1.807) is 20.1 Å². The maximum absolute atomic E-state index is 12.2. The summed E-state index contributed by atoms with van der Waals surface area (Å²) >= 11 is 0. The third-order valence-electron chi connectivity index (χ3n) is 3.65. The van der Waals surface area contributed by atoms with Gasteiger partial charge in [-0.05, 0) is 49.9 Å². The quantitative estimate of drug-likeness (QED) is 0.859. The van der Waals surface area contributed by atoms with Gasteiger partial charge in [0.2, 0.25) is 0 Å². The van der Waals surface area contributed by atoms with Gasteiger partial charge in [-0.1, -0.05) is 0 Å². The molecule has 1 N–H and O–H groups in total. The highest BCUT2D eigenvalue weighted by atomic mass is 35.7. The molecule has 0 spiro atoms. The molecule has 1 amide bonds. The molecule has 7 heteroatoms. The summed E-state index contributed by atoms with van der Waals surface area (Å²) in [5.74, 6) is -0.290. The molecule has 1 saturated carbocycles. The average Bonchev–Trinajstić information content (AvgIpc) is 2.84. The third-order valence-corrected chi connectivity index (χ3v) is 4.98. The van der Waals surface area contributed by atoms with Crippen molar-refractivity contribution >= 4 is 25.6 Å². The van der Waals surface area contributed by atoms with Crippen LogP contribution < -0.4 is 5.32 Å². The first-order valence-electron chi connectivity index (χ1n) is 6.69. The maximum Gasteiger partial charge on any atom is 0.261 e. The summed E-state index contributed by atoms with van der Waals surface area (Å²) < 4.78 is 28.1. The molecule has 116 valence electrons. The molecule has 0 saturated heterocycles. The van der Waals surface area contributed by atoms with Gasteiger partial charge in [-0.15, -0.1) is 0 Å². The predicted octanol–water partition coefficient (Wildman–Crippen LogP) is 2.22. The van der Waals surface area contributed by atoms with Gasteiger partial charge in [0.25, 0.3) is 15.0 Å². The van der Waals surface area contributed by atoms with Crippen LogP contribution in [0.5, 0.6) is 0 Å². The summed E-state index contributed by atoms with van der Waals surface area (Å²) in [6, 6.07) is 4.44. The number of aryl methyl sites for hydroxylation is 1. The summed E-state index contributed by atoms with van der Waals surface area (Å²) in [6.07, 6.45) is 2.72. The molecule has 0 heterocycles. The molecule has 0 bridgehead atoms. The monoisotopic (exact) mass is 331 g/mol. The molecule has 5 nitrogen and oxygen atoms in total. The lowest BCUT2D eigenvalue weighted by Gasteiger charge is -2.13. The van der Waals surface area contributed by atoms with Crippen LogP contribution in [0.2, 0.25) is 0 Å². The smallest absolute Gasteiger partial charge is 0.261 e. The molecule has 0 aliphatic heterocycles. The molecule has 1 aromatic carbocycles. The van der Waals surface area contributed by atoms with Crippen LogP contribution in [-0.4, -0.2) is 33.6 Å². The maximum atomic E-state index is 12.2.